The number of nitrogens with zero attached hydrogens (tertiary/aromatic N) is 1. The van der Waals surface area contributed by atoms with Crippen LogP contribution < -0.4 is 5.32 Å². The van der Waals surface area contributed by atoms with Crippen LogP contribution in [0.25, 0.3) is 6.08 Å². The molecule has 2 N–H and O–H groups in total. The van der Waals surface area contributed by atoms with Crippen LogP contribution in [0.15, 0.2) is 40.2 Å². The molecule has 1 aliphatic rings. The fourth-order valence-electron chi connectivity index (χ4n) is 1.41. The molecule has 0 aromatic heterocycles. The van der Waals surface area contributed by atoms with Crippen LogP contribution in [0.1, 0.15) is 5.56 Å². The van der Waals surface area contributed by atoms with E-state index in [1.807, 2.05) is 36.4 Å². The molecule has 1 aliphatic heterocycles. The van der Waals surface area contributed by atoms with Gasteiger partial charge in [0, 0.05) is 0 Å². The number of aliphatic imine (C=N–C) groups is 1. The number of benzene rings is 1. The third-order valence-corrected chi connectivity index (χ3v) is 2.94. The van der Waals surface area contributed by atoms with Crippen LogP contribution in [0.2, 0.25) is 0 Å². The number of hydrogen-bond donors (Lipinski definition) is 2. The normalized spacial score (nSPS) is 19.9. The average Bonchev–Trinajstić information content (AvgIpc) is 2.68. The second-order valence-electron chi connectivity index (χ2n) is 3.39. The molecule has 4 nitrogen and oxygen atoms in total. The van der Waals surface area contributed by atoms with Crippen molar-refractivity contribution < 1.29 is 9.90 Å². The molecule has 5 heteroatoms. The summed E-state index contributed by atoms with van der Waals surface area (Å²) in [4.78, 5) is 16.2. The summed E-state index contributed by atoms with van der Waals surface area (Å²) in [6, 6.07) is 9.73. The van der Waals surface area contributed by atoms with E-state index in [1.165, 1.54) is 0 Å². The molecule has 1 fully saturated rings. The largest absolute Gasteiger partial charge is 0.394 e. The van der Waals surface area contributed by atoms with Gasteiger partial charge in [0.1, 0.15) is 5.84 Å². The number of aliphatic hydroxyl groups is 1. The molecular weight excluding hydrogens is 236 g/mol. The monoisotopic (exact) mass is 248 g/mol. The number of carbonyl (C=O) groups excluding carboxylic acids is 1. The van der Waals surface area contributed by atoms with Crippen molar-refractivity contribution >= 4 is 28.9 Å². The van der Waals surface area contributed by atoms with Crippen LogP contribution in [-0.4, -0.2) is 29.3 Å². The van der Waals surface area contributed by atoms with E-state index in [0.717, 1.165) is 22.2 Å². The number of amidine groups is 1. The van der Waals surface area contributed by atoms with Crippen molar-refractivity contribution in [2.45, 2.75) is 0 Å². The van der Waals surface area contributed by atoms with Crippen molar-refractivity contribution in [1.29, 1.82) is 0 Å². The van der Waals surface area contributed by atoms with Gasteiger partial charge < -0.3 is 10.4 Å². The van der Waals surface area contributed by atoms with E-state index >= 15 is 0 Å². The number of rotatable bonds is 3. The molecule has 17 heavy (non-hydrogen) atoms. The maximum Gasteiger partial charge on any atom is 0.289 e. The lowest BCUT2D eigenvalue weighted by atomic mass is 10.2. The highest BCUT2D eigenvalue weighted by molar-refractivity contribution is 8.18. The van der Waals surface area contributed by atoms with Crippen molar-refractivity contribution in [2.24, 2.45) is 4.99 Å². The third kappa shape index (κ3) is 3.18. The van der Waals surface area contributed by atoms with Crippen LogP contribution in [0.4, 0.5) is 4.79 Å². The summed E-state index contributed by atoms with van der Waals surface area (Å²) < 4.78 is 0. The molecule has 2 rings (SSSR count). The molecule has 0 bridgehead atoms. The Hall–Kier alpha value is -1.59. The topological polar surface area (TPSA) is 61.7 Å². The zero-order valence-corrected chi connectivity index (χ0v) is 9.91. The van der Waals surface area contributed by atoms with Crippen LogP contribution in [0.5, 0.6) is 0 Å². The van der Waals surface area contributed by atoms with Gasteiger partial charge in [0.25, 0.3) is 5.24 Å². The highest BCUT2D eigenvalue weighted by atomic mass is 32.2. The molecule has 0 radical (unpaired) electrons. The first-order chi connectivity index (χ1) is 8.29. The van der Waals surface area contributed by atoms with Gasteiger partial charge in [-0.15, -0.1) is 0 Å². The van der Waals surface area contributed by atoms with Crippen molar-refractivity contribution in [3.05, 3.63) is 40.8 Å². The lowest BCUT2D eigenvalue weighted by Gasteiger charge is -1.98. The molecule has 88 valence electrons. The quantitative estimate of drug-likeness (QED) is 0.858. The number of hydrogen-bond acceptors (Lipinski definition) is 4. The minimum Gasteiger partial charge on any atom is -0.394 e. The molecular formula is C12H12N2O2S. The van der Waals surface area contributed by atoms with Crippen LogP contribution in [0.3, 0.4) is 0 Å². The number of nitrogens with one attached hydrogen (secondary N) is 1. The maximum absolute atomic E-state index is 11.3. The van der Waals surface area contributed by atoms with E-state index < -0.39 is 0 Å². The van der Waals surface area contributed by atoms with Gasteiger partial charge >= 0.3 is 0 Å². The first-order valence-corrected chi connectivity index (χ1v) is 6.02. The van der Waals surface area contributed by atoms with E-state index in [-0.39, 0.29) is 11.8 Å². The SMILES string of the molecule is O=C1NC(=NCCO)/C(=C/c2ccccc2)S1. The standard InChI is InChI=1S/C12H12N2O2S/c15-7-6-13-11-10(17-12(16)14-11)8-9-4-2-1-3-5-9/h1-5,8,15H,6-7H2,(H,13,14,16)/b10-8-. The summed E-state index contributed by atoms with van der Waals surface area (Å²) in [6.45, 7) is 0.269. The predicted octanol–water partition coefficient (Wildman–Crippen LogP) is 1.87. The Morgan fingerprint density at radius 1 is 1.35 bits per heavy atom. The predicted molar refractivity (Wildman–Crippen MR) is 69.9 cm³/mol. The Balaban J connectivity index is 2.24. The molecule has 1 heterocycles. The fourth-order valence-corrected chi connectivity index (χ4v) is 2.16. The van der Waals surface area contributed by atoms with Gasteiger partial charge in [0.15, 0.2) is 0 Å². The molecule has 0 aliphatic carbocycles. The summed E-state index contributed by atoms with van der Waals surface area (Å²) in [7, 11) is 0. The Labute approximate surface area is 103 Å². The van der Waals surface area contributed by atoms with Crippen LogP contribution in [-0.2, 0) is 0 Å². The second-order valence-corrected chi connectivity index (χ2v) is 4.40. The van der Waals surface area contributed by atoms with Crippen molar-refractivity contribution in [3.8, 4) is 0 Å². The van der Waals surface area contributed by atoms with E-state index in [9.17, 15) is 4.79 Å². The van der Waals surface area contributed by atoms with Gasteiger partial charge in [-0.25, -0.2) is 0 Å². The molecule has 1 saturated heterocycles. The second kappa shape index (κ2) is 5.65. The van der Waals surface area contributed by atoms with Gasteiger partial charge in [-0.2, -0.15) is 0 Å². The summed E-state index contributed by atoms with van der Waals surface area (Å²) in [5.74, 6) is 0.540. The third-order valence-electron chi connectivity index (χ3n) is 2.12. The summed E-state index contributed by atoms with van der Waals surface area (Å²) in [5.41, 5.74) is 1.02. The highest BCUT2D eigenvalue weighted by Crippen LogP contribution is 2.26. The molecule has 1 amide bonds. The number of amides is 1. The molecule has 0 saturated carbocycles. The van der Waals surface area contributed by atoms with Crippen molar-refractivity contribution in [1.82, 2.24) is 5.32 Å². The maximum atomic E-state index is 11.3. The van der Waals surface area contributed by atoms with E-state index in [1.54, 1.807) is 0 Å². The number of aliphatic hydroxyl groups excluding tert-OH is 1. The zero-order chi connectivity index (χ0) is 12.1. The minimum atomic E-state index is -0.135. The summed E-state index contributed by atoms with van der Waals surface area (Å²) >= 11 is 1.12. The Morgan fingerprint density at radius 2 is 2.12 bits per heavy atom. The zero-order valence-electron chi connectivity index (χ0n) is 9.09. The van der Waals surface area contributed by atoms with E-state index in [4.69, 9.17) is 5.11 Å². The first kappa shape index (κ1) is 11.9. The van der Waals surface area contributed by atoms with Crippen LogP contribution in [0, 0.1) is 0 Å². The molecule has 1 aromatic rings. The fraction of sp³-hybridized carbons (Fsp3) is 0.167. The smallest absolute Gasteiger partial charge is 0.289 e. The van der Waals surface area contributed by atoms with E-state index in [0.29, 0.717) is 12.4 Å². The average molecular weight is 248 g/mol. The minimum absolute atomic E-state index is 0.0251. The Bertz CT molecular complexity index is 469. The molecule has 0 spiro atoms. The van der Waals surface area contributed by atoms with Gasteiger partial charge in [-0.1, -0.05) is 30.3 Å². The summed E-state index contributed by atoms with van der Waals surface area (Å²) in [5, 5.41) is 11.2. The van der Waals surface area contributed by atoms with Gasteiger partial charge in [0.2, 0.25) is 0 Å². The van der Waals surface area contributed by atoms with Crippen molar-refractivity contribution in [3.63, 3.8) is 0 Å². The van der Waals surface area contributed by atoms with Crippen LogP contribution >= 0.6 is 11.8 Å². The first-order valence-electron chi connectivity index (χ1n) is 5.21. The van der Waals surface area contributed by atoms with Gasteiger partial charge in [-0.05, 0) is 23.4 Å². The molecule has 0 atom stereocenters. The Morgan fingerprint density at radius 3 is 2.82 bits per heavy atom. The molecule has 0 unspecified atom stereocenters. The lowest BCUT2D eigenvalue weighted by molar-refractivity contribution is 0.264. The highest BCUT2D eigenvalue weighted by Gasteiger charge is 2.22. The number of thioether (sulfide) groups is 1. The van der Waals surface area contributed by atoms with Gasteiger partial charge in [-0.3, -0.25) is 9.79 Å². The Kier molecular flexibility index (Phi) is 3.95. The van der Waals surface area contributed by atoms with E-state index in [2.05, 4.69) is 10.3 Å². The molecule has 1 aromatic carbocycles. The lowest BCUT2D eigenvalue weighted by Crippen LogP contribution is -2.19. The summed E-state index contributed by atoms with van der Waals surface area (Å²) in [6.07, 6.45) is 1.90. The van der Waals surface area contributed by atoms with Crippen molar-refractivity contribution in [2.75, 3.05) is 13.2 Å². The van der Waals surface area contributed by atoms with Gasteiger partial charge in [0.05, 0.1) is 18.1 Å². The number of carbonyl (C=O) groups is 1.